The molecule has 4 nitrogen and oxygen atoms in total. The zero-order valence-electron chi connectivity index (χ0n) is 12.5. The van der Waals surface area contributed by atoms with Gasteiger partial charge in [0, 0.05) is 25.0 Å². The van der Waals surface area contributed by atoms with Crippen molar-refractivity contribution in [3.8, 4) is 0 Å². The number of hydrogen-bond donors (Lipinski definition) is 0. The molecule has 4 rings (SSSR count). The third kappa shape index (κ3) is 2.72. The smallest absolute Gasteiger partial charge is 0.0951 e. The predicted molar refractivity (Wildman–Crippen MR) is 81.7 cm³/mol. The van der Waals surface area contributed by atoms with Crippen LogP contribution >= 0.6 is 0 Å². The minimum Gasteiger partial charge on any atom is -0.330 e. The van der Waals surface area contributed by atoms with Gasteiger partial charge in [-0.2, -0.15) is 0 Å². The van der Waals surface area contributed by atoms with E-state index >= 15 is 0 Å². The lowest BCUT2D eigenvalue weighted by Gasteiger charge is -2.28. The van der Waals surface area contributed by atoms with E-state index in [0.29, 0.717) is 12.1 Å². The molecule has 0 bridgehead atoms. The van der Waals surface area contributed by atoms with Gasteiger partial charge >= 0.3 is 0 Å². The van der Waals surface area contributed by atoms with Crippen LogP contribution in [-0.2, 0) is 6.54 Å². The highest BCUT2D eigenvalue weighted by Gasteiger charge is 2.36. The lowest BCUT2D eigenvalue weighted by molar-refractivity contribution is 0.203. The van der Waals surface area contributed by atoms with Crippen molar-refractivity contribution in [2.45, 2.75) is 44.3 Å². The van der Waals surface area contributed by atoms with Gasteiger partial charge in [-0.15, -0.1) is 0 Å². The van der Waals surface area contributed by atoms with Crippen molar-refractivity contribution in [1.29, 1.82) is 0 Å². The number of rotatable bonds is 6. The fourth-order valence-electron chi connectivity index (χ4n) is 3.28. The van der Waals surface area contributed by atoms with E-state index in [1.807, 2.05) is 24.8 Å². The van der Waals surface area contributed by atoms with Crippen molar-refractivity contribution in [1.82, 2.24) is 19.4 Å². The van der Waals surface area contributed by atoms with Crippen LogP contribution in [0.15, 0.2) is 36.9 Å². The maximum absolute atomic E-state index is 4.60. The minimum atomic E-state index is 0.439. The second kappa shape index (κ2) is 5.26. The molecule has 2 aliphatic rings. The van der Waals surface area contributed by atoms with E-state index < -0.39 is 0 Å². The van der Waals surface area contributed by atoms with E-state index in [1.165, 1.54) is 37.1 Å². The van der Waals surface area contributed by atoms with Crippen molar-refractivity contribution >= 4 is 0 Å². The van der Waals surface area contributed by atoms with Crippen LogP contribution in [-0.4, -0.2) is 26.5 Å². The van der Waals surface area contributed by atoms with Crippen LogP contribution in [0.1, 0.15) is 49.2 Å². The SMILES string of the molecule is CN(Cc1cncn1C1CC1)C(c1ccccn1)C1CC1. The Labute approximate surface area is 125 Å². The summed E-state index contributed by atoms with van der Waals surface area (Å²) in [7, 11) is 2.22. The van der Waals surface area contributed by atoms with Gasteiger partial charge in [0.25, 0.3) is 0 Å². The quantitative estimate of drug-likeness (QED) is 0.816. The Morgan fingerprint density at radius 2 is 2.14 bits per heavy atom. The normalized spacial score (nSPS) is 19.9. The lowest BCUT2D eigenvalue weighted by Crippen LogP contribution is -2.27. The Morgan fingerprint density at radius 1 is 1.29 bits per heavy atom. The summed E-state index contributed by atoms with van der Waals surface area (Å²) in [6, 6.07) is 7.40. The van der Waals surface area contributed by atoms with E-state index in [2.05, 4.69) is 38.6 Å². The molecule has 0 aromatic carbocycles. The van der Waals surface area contributed by atoms with Crippen LogP contribution in [0.2, 0.25) is 0 Å². The summed E-state index contributed by atoms with van der Waals surface area (Å²) in [6.45, 7) is 0.953. The molecule has 0 saturated heterocycles. The first-order chi connectivity index (χ1) is 10.3. The molecule has 4 heteroatoms. The summed E-state index contributed by atoms with van der Waals surface area (Å²) >= 11 is 0. The van der Waals surface area contributed by atoms with Crippen LogP contribution in [0.25, 0.3) is 0 Å². The Morgan fingerprint density at radius 3 is 2.81 bits per heavy atom. The molecule has 2 aliphatic carbocycles. The molecule has 0 radical (unpaired) electrons. The topological polar surface area (TPSA) is 34.0 Å². The van der Waals surface area contributed by atoms with Crippen molar-refractivity contribution in [3.05, 3.63) is 48.3 Å². The minimum absolute atomic E-state index is 0.439. The first-order valence-corrected chi connectivity index (χ1v) is 7.95. The molecule has 21 heavy (non-hydrogen) atoms. The highest BCUT2D eigenvalue weighted by molar-refractivity contribution is 5.13. The Hall–Kier alpha value is -1.68. The molecule has 2 aromatic rings. The lowest BCUT2D eigenvalue weighted by atomic mass is 10.1. The number of pyridine rings is 1. The van der Waals surface area contributed by atoms with Crippen molar-refractivity contribution in [2.75, 3.05) is 7.05 Å². The summed E-state index contributed by atoms with van der Waals surface area (Å²) < 4.78 is 2.36. The zero-order chi connectivity index (χ0) is 14.2. The average molecular weight is 282 g/mol. The third-order valence-electron chi connectivity index (χ3n) is 4.63. The first kappa shape index (κ1) is 13.0. The predicted octanol–water partition coefficient (Wildman–Crippen LogP) is 3.20. The molecular formula is C17H22N4. The Balaban J connectivity index is 1.54. The third-order valence-corrected chi connectivity index (χ3v) is 4.63. The summed E-state index contributed by atoms with van der Waals surface area (Å²) in [5.74, 6) is 0.766. The number of aromatic nitrogens is 3. The van der Waals surface area contributed by atoms with Crippen LogP contribution in [0.5, 0.6) is 0 Å². The monoisotopic (exact) mass is 282 g/mol. The van der Waals surface area contributed by atoms with Gasteiger partial charge in [0.1, 0.15) is 0 Å². The van der Waals surface area contributed by atoms with E-state index in [9.17, 15) is 0 Å². The van der Waals surface area contributed by atoms with Gasteiger partial charge in [-0.3, -0.25) is 9.88 Å². The summed E-state index contributed by atoms with van der Waals surface area (Å²) in [5, 5.41) is 0. The molecule has 110 valence electrons. The molecule has 2 saturated carbocycles. The van der Waals surface area contributed by atoms with E-state index in [-0.39, 0.29) is 0 Å². The van der Waals surface area contributed by atoms with Gasteiger partial charge in [0.05, 0.1) is 23.8 Å². The van der Waals surface area contributed by atoms with E-state index in [0.717, 1.165) is 12.5 Å². The standard InChI is InChI=1S/C17H22N4/c1-20(11-15-10-18-12-21(15)14-7-8-14)17(13-5-6-13)16-4-2-3-9-19-16/h2-4,9-10,12-14,17H,5-8,11H2,1H3. The molecule has 0 spiro atoms. The highest BCUT2D eigenvalue weighted by Crippen LogP contribution is 2.44. The van der Waals surface area contributed by atoms with Crippen LogP contribution in [0, 0.1) is 5.92 Å². The van der Waals surface area contributed by atoms with Crippen molar-refractivity contribution in [3.63, 3.8) is 0 Å². The molecular weight excluding hydrogens is 260 g/mol. The summed E-state index contributed by atoms with van der Waals surface area (Å²) in [4.78, 5) is 11.4. The Kier molecular flexibility index (Phi) is 3.26. The van der Waals surface area contributed by atoms with Gasteiger partial charge in [-0.05, 0) is 50.8 Å². The molecule has 2 fully saturated rings. The van der Waals surface area contributed by atoms with Crippen LogP contribution in [0.3, 0.4) is 0 Å². The average Bonchev–Trinajstić information content (AvgIpc) is 3.42. The van der Waals surface area contributed by atoms with Crippen LogP contribution < -0.4 is 0 Å². The number of hydrogen-bond acceptors (Lipinski definition) is 3. The molecule has 1 atom stereocenters. The molecule has 2 aromatic heterocycles. The fraction of sp³-hybridized carbons (Fsp3) is 0.529. The molecule has 2 heterocycles. The number of imidazole rings is 1. The summed E-state index contributed by atoms with van der Waals surface area (Å²) in [5.41, 5.74) is 2.54. The second-order valence-corrected chi connectivity index (χ2v) is 6.48. The van der Waals surface area contributed by atoms with Gasteiger partial charge < -0.3 is 4.57 Å². The molecule has 0 aliphatic heterocycles. The Bertz CT molecular complexity index is 598. The molecule has 1 unspecified atom stereocenters. The number of nitrogens with zero attached hydrogens (tertiary/aromatic N) is 4. The van der Waals surface area contributed by atoms with E-state index in [1.54, 1.807) is 0 Å². The van der Waals surface area contributed by atoms with Crippen LogP contribution in [0.4, 0.5) is 0 Å². The molecule has 0 amide bonds. The van der Waals surface area contributed by atoms with Gasteiger partial charge in [0.15, 0.2) is 0 Å². The largest absolute Gasteiger partial charge is 0.330 e. The first-order valence-electron chi connectivity index (χ1n) is 7.95. The zero-order valence-corrected chi connectivity index (χ0v) is 12.5. The highest BCUT2D eigenvalue weighted by atomic mass is 15.2. The van der Waals surface area contributed by atoms with Crippen molar-refractivity contribution in [2.24, 2.45) is 5.92 Å². The van der Waals surface area contributed by atoms with Gasteiger partial charge in [-0.25, -0.2) is 4.98 Å². The second-order valence-electron chi connectivity index (χ2n) is 6.48. The van der Waals surface area contributed by atoms with Crippen molar-refractivity contribution < 1.29 is 0 Å². The van der Waals surface area contributed by atoms with Gasteiger partial charge in [-0.1, -0.05) is 6.07 Å². The fourth-order valence-corrected chi connectivity index (χ4v) is 3.28. The maximum Gasteiger partial charge on any atom is 0.0951 e. The maximum atomic E-state index is 4.60. The van der Waals surface area contributed by atoms with E-state index in [4.69, 9.17) is 0 Å². The molecule has 0 N–H and O–H groups in total. The van der Waals surface area contributed by atoms with Gasteiger partial charge in [0.2, 0.25) is 0 Å². The summed E-state index contributed by atoms with van der Waals surface area (Å²) in [6.07, 6.45) is 11.2.